The molecule has 0 radical (unpaired) electrons. The van der Waals surface area contributed by atoms with Crippen LogP contribution in [0.5, 0.6) is 23.0 Å². The third-order valence-electron chi connectivity index (χ3n) is 7.70. The third-order valence-corrected chi connectivity index (χ3v) is 7.70. The van der Waals surface area contributed by atoms with E-state index in [1.54, 1.807) is 6.07 Å². The minimum absolute atomic E-state index is 0.0888. The summed E-state index contributed by atoms with van der Waals surface area (Å²) in [6.07, 6.45) is -20.4. The quantitative estimate of drug-likeness (QED) is 0.121. The zero-order valence-electron chi connectivity index (χ0n) is 30.0. The highest BCUT2D eigenvalue weighted by Crippen LogP contribution is 2.40. The smallest absolute Gasteiger partial charge is 0.416 e. The lowest BCUT2D eigenvalue weighted by Gasteiger charge is -2.20. The van der Waals surface area contributed by atoms with Gasteiger partial charge in [0.25, 0.3) is 0 Å². The van der Waals surface area contributed by atoms with Crippen molar-refractivity contribution in [3.63, 3.8) is 0 Å². The van der Waals surface area contributed by atoms with Crippen molar-refractivity contribution in [1.29, 1.82) is 0 Å². The van der Waals surface area contributed by atoms with Crippen molar-refractivity contribution in [3.05, 3.63) is 117 Å². The number of esters is 2. The Hall–Kier alpha value is -5.42. The number of carbonyl (C=O) groups excluding carboxylic acids is 2. The number of alkyl halides is 12. The van der Waals surface area contributed by atoms with Crippen LogP contribution in [0.4, 0.5) is 52.7 Å². The molecule has 0 atom stereocenters. The molecule has 0 saturated carbocycles. The van der Waals surface area contributed by atoms with Crippen LogP contribution in [0.2, 0.25) is 0 Å². The molecule has 0 fully saturated rings. The number of phenolic OH excluding ortho intramolecular Hbond substituents is 2. The van der Waals surface area contributed by atoms with Crippen molar-refractivity contribution in [2.24, 2.45) is 0 Å². The van der Waals surface area contributed by atoms with Crippen LogP contribution in [0, 0.1) is 0 Å². The van der Waals surface area contributed by atoms with E-state index in [1.807, 2.05) is 41.5 Å². The molecule has 2 N–H and O–H groups in total. The van der Waals surface area contributed by atoms with Crippen LogP contribution in [0.15, 0.2) is 72.8 Å². The molecule has 18 heteroatoms. The van der Waals surface area contributed by atoms with Gasteiger partial charge in [0.05, 0.1) is 33.4 Å². The summed E-state index contributed by atoms with van der Waals surface area (Å²) in [5.41, 5.74) is -7.87. The van der Waals surface area contributed by atoms with E-state index in [1.165, 1.54) is 30.3 Å². The zero-order chi connectivity index (χ0) is 43.0. The first-order valence-electron chi connectivity index (χ1n) is 15.9. The molecule has 304 valence electrons. The van der Waals surface area contributed by atoms with Crippen LogP contribution in [0.25, 0.3) is 0 Å². The first-order valence-corrected chi connectivity index (χ1v) is 15.9. The second kappa shape index (κ2) is 15.6. The van der Waals surface area contributed by atoms with E-state index in [4.69, 9.17) is 9.47 Å². The molecule has 56 heavy (non-hydrogen) atoms. The summed E-state index contributed by atoms with van der Waals surface area (Å²) >= 11 is 0. The van der Waals surface area contributed by atoms with E-state index >= 15 is 0 Å². The number of hydrogen-bond acceptors (Lipinski definition) is 6. The summed E-state index contributed by atoms with van der Waals surface area (Å²) in [6.45, 7) is 11.0. The maximum atomic E-state index is 12.9. The van der Waals surface area contributed by atoms with Crippen molar-refractivity contribution in [2.45, 2.75) is 77.1 Å². The van der Waals surface area contributed by atoms with Gasteiger partial charge in [-0.2, -0.15) is 52.7 Å². The molecule has 0 heterocycles. The van der Waals surface area contributed by atoms with Crippen molar-refractivity contribution >= 4 is 11.9 Å². The van der Waals surface area contributed by atoms with Crippen LogP contribution in [-0.4, -0.2) is 22.2 Å². The van der Waals surface area contributed by atoms with Crippen LogP contribution in [-0.2, 0) is 35.5 Å². The van der Waals surface area contributed by atoms with E-state index in [9.17, 15) is 72.5 Å². The minimum atomic E-state index is -5.09. The molecule has 0 amide bonds. The lowest BCUT2D eigenvalue weighted by molar-refractivity contribution is -0.144. The lowest BCUT2D eigenvalue weighted by Crippen LogP contribution is -2.16. The van der Waals surface area contributed by atoms with Gasteiger partial charge >= 0.3 is 36.6 Å². The average molecular weight is 813 g/mol. The van der Waals surface area contributed by atoms with Crippen LogP contribution < -0.4 is 9.47 Å². The van der Waals surface area contributed by atoms with Crippen molar-refractivity contribution in [2.75, 3.05) is 0 Å². The molecule has 0 aliphatic carbocycles. The average Bonchev–Trinajstić information content (AvgIpc) is 3.04. The number of carbonyl (C=O) groups is 2. The second-order valence-corrected chi connectivity index (χ2v) is 14.2. The summed E-state index contributed by atoms with van der Waals surface area (Å²) in [5.74, 6) is -4.63. The Morgan fingerprint density at radius 3 is 1.05 bits per heavy atom. The maximum absolute atomic E-state index is 12.9. The van der Waals surface area contributed by atoms with Gasteiger partial charge in [0.15, 0.2) is 23.0 Å². The normalized spacial score (nSPS) is 12.8. The first-order chi connectivity index (χ1) is 25.2. The number of rotatable bonds is 4. The Labute approximate surface area is 311 Å². The fourth-order valence-electron chi connectivity index (χ4n) is 4.60. The molecule has 0 aromatic heterocycles. The largest absolute Gasteiger partial charge is 0.504 e. The van der Waals surface area contributed by atoms with Gasteiger partial charge in [-0.25, -0.2) is 9.59 Å². The monoisotopic (exact) mass is 812 g/mol. The summed E-state index contributed by atoms with van der Waals surface area (Å²) in [4.78, 5) is 24.4. The van der Waals surface area contributed by atoms with Gasteiger partial charge in [-0.3, -0.25) is 0 Å². The predicted molar refractivity (Wildman–Crippen MR) is 176 cm³/mol. The van der Waals surface area contributed by atoms with Gasteiger partial charge in [-0.15, -0.1) is 0 Å². The fourth-order valence-corrected chi connectivity index (χ4v) is 4.60. The number of halogens is 12. The molecular weight excluding hydrogens is 780 g/mol. The number of ether oxygens (including phenoxy) is 2. The second-order valence-electron chi connectivity index (χ2n) is 14.2. The van der Waals surface area contributed by atoms with E-state index in [0.717, 1.165) is 0 Å². The van der Waals surface area contributed by atoms with E-state index in [-0.39, 0.29) is 53.3 Å². The Morgan fingerprint density at radius 2 is 0.732 bits per heavy atom. The molecule has 0 saturated heterocycles. The van der Waals surface area contributed by atoms with E-state index < -0.39 is 86.9 Å². The Bertz CT molecular complexity index is 2020. The van der Waals surface area contributed by atoms with Gasteiger partial charge in [-0.05, 0) is 82.6 Å². The first kappa shape index (κ1) is 45.0. The van der Waals surface area contributed by atoms with Crippen LogP contribution >= 0.6 is 0 Å². The number of benzene rings is 4. The van der Waals surface area contributed by atoms with Crippen molar-refractivity contribution in [1.82, 2.24) is 0 Å². The molecule has 0 unspecified atom stereocenters. The highest BCUT2D eigenvalue weighted by molar-refractivity contribution is 5.92. The van der Waals surface area contributed by atoms with Gasteiger partial charge in [0.1, 0.15) is 0 Å². The van der Waals surface area contributed by atoms with Gasteiger partial charge in [0.2, 0.25) is 0 Å². The van der Waals surface area contributed by atoms with Gasteiger partial charge in [-0.1, -0.05) is 53.7 Å². The highest BCUT2D eigenvalue weighted by atomic mass is 19.4. The Morgan fingerprint density at radius 1 is 0.411 bits per heavy atom. The Kier molecular flexibility index (Phi) is 12.5. The summed E-state index contributed by atoms with van der Waals surface area (Å²) < 4.78 is 165. The molecule has 0 spiro atoms. The molecule has 6 nitrogen and oxygen atoms in total. The van der Waals surface area contributed by atoms with Crippen LogP contribution in [0.3, 0.4) is 0 Å². The molecule has 4 aromatic rings. The summed E-state index contributed by atoms with van der Waals surface area (Å²) in [6, 6.07) is 8.99. The van der Waals surface area contributed by atoms with Crippen molar-refractivity contribution < 1.29 is 82.0 Å². The SMILES string of the molecule is CC(C)(C)c1ccc(O)c(OC(=O)c2cc(C(F)(F)F)cc(C(F)(F)F)c2)c1.CC(C)(C)c1ccc(OC(=O)c2cc(C(F)(F)F)cc(C(F)(F)F)c2)c(O)c1. The van der Waals surface area contributed by atoms with Crippen LogP contribution in [0.1, 0.15) is 95.6 Å². The van der Waals surface area contributed by atoms with Crippen molar-refractivity contribution in [3.8, 4) is 23.0 Å². The highest BCUT2D eigenvalue weighted by Gasteiger charge is 2.39. The van der Waals surface area contributed by atoms with Gasteiger partial charge in [0, 0.05) is 0 Å². The molecule has 4 aromatic carbocycles. The maximum Gasteiger partial charge on any atom is 0.416 e. The molecule has 0 aliphatic heterocycles. The molecule has 0 bridgehead atoms. The molecule has 0 aliphatic rings. The Balaban J connectivity index is 0.000000300. The molecular formula is C38H32F12O6. The predicted octanol–water partition coefficient (Wildman–Crippen LogP) is 11.9. The lowest BCUT2D eigenvalue weighted by atomic mass is 9.87. The zero-order valence-corrected chi connectivity index (χ0v) is 30.0. The van der Waals surface area contributed by atoms with Gasteiger partial charge < -0.3 is 19.7 Å². The fraction of sp³-hybridized carbons (Fsp3) is 0.316. The topological polar surface area (TPSA) is 93.1 Å². The summed E-state index contributed by atoms with van der Waals surface area (Å²) in [7, 11) is 0. The number of hydrogen-bond donors (Lipinski definition) is 2. The van der Waals surface area contributed by atoms with E-state index in [0.29, 0.717) is 11.1 Å². The summed E-state index contributed by atoms with van der Waals surface area (Å²) in [5, 5.41) is 19.8. The molecule has 4 rings (SSSR count). The standard InChI is InChI=1S/2C19H16F6O3/c1-17(2,3)11-4-5-15(14(26)9-11)28-16(27)10-6-12(18(20,21)22)8-13(7-10)19(23,24)25;1-17(2,3)11-4-5-14(26)15(9-11)28-16(27)10-6-12(18(20,21)22)8-13(7-10)19(23,24)25/h2*4-9,26H,1-3H3. The number of aromatic hydroxyl groups is 2. The number of phenols is 2. The third kappa shape index (κ3) is 11.8. The minimum Gasteiger partial charge on any atom is -0.504 e. The van der Waals surface area contributed by atoms with E-state index in [2.05, 4.69) is 0 Å².